The van der Waals surface area contributed by atoms with Crippen LogP contribution < -0.4 is 4.74 Å². The summed E-state index contributed by atoms with van der Waals surface area (Å²) in [6, 6.07) is 16.2. The van der Waals surface area contributed by atoms with Crippen molar-refractivity contribution in [2.45, 2.75) is 6.92 Å². The van der Waals surface area contributed by atoms with Gasteiger partial charge in [-0.1, -0.05) is 29.5 Å². The predicted molar refractivity (Wildman–Crippen MR) is 127 cm³/mol. The number of H-pyrrole nitrogens is 2. The first-order chi connectivity index (χ1) is 16.5. The largest absolute Gasteiger partial charge is 0.478 e. The molecule has 3 aromatic carbocycles. The number of carbonyl (C=O) groups is 1. The van der Waals surface area contributed by atoms with Crippen LogP contribution in [-0.4, -0.2) is 36.2 Å². The highest BCUT2D eigenvalue weighted by Gasteiger charge is 2.12. The number of aromatic amines is 2. The Balaban J connectivity index is 1.39. The number of halogens is 1. The van der Waals surface area contributed by atoms with Crippen LogP contribution in [0.15, 0.2) is 60.9 Å². The van der Waals surface area contributed by atoms with Gasteiger partial charge in [-0.25, -0.2) is 9.78 Å². The molecule has 8 nitrogen and oxygen atoms in total. The molecule has 2 heterocycles. The third-order valence-electron chi connectivity index (χ3n) is 5.12. The number of carboxylic acid groups (broad SMARTS) is 1. The summed E-state index contributed by atoms with van der Waals surface area (Å²) in [5.41, 5.74) is 4.47. The molecule has 0 bridgehead atoms. The Morgan fingerprint density at radius 3 is 2.65 bits per heavy atom. The molecule has 0 radical (unpaired) electrons. The molecule has 0 spiro atoms. The number of nitrogens with one attached hydrogen (secondary N) is 2. The smallest absolute Gasteiger partial charge is 0.336 e. The molecule has 34 heavy (non-hydrogen) atoms. The van der Waals surface area contributed by atoms with E-state index in [0.29, 0.717) is 38.8 Å². The summed E-state index contributed by atoms with van der Waals surface area (Å²) in [6.07, 6.45) is 1.46. The highest BCUT2D eigenvalue weighted by molar-refractivity contribution is 6.32. The molecule has 2 aromatic heterocycles. The lowest BCUT2D eigenvalue weighted by Crippen LogP contribution is -2.00. The molecule has 166 valence electrons. The van der Waals surface area contributed by atoms with Gasteiger partial charge in [0.05, 0.1) is 21.6 Å². The lowest BCUT2D eigenvalue weighted by molar-refractivity contribution is 0.0695. The van der Waals surface area contributed by atoms with Crippen LogP contribution in [0.4, 0.5) is 0 Å². The molecule has 0 unspecified atom stereocenters. The molecule has 0 fully saturated rings. The van der Waals surface area contributed by atoms with Crippen LogP contribution >= 0.6 is 11.6 Å². The Bertz CT molecular complexity index is 1580. The number of imidazole rings is 1. The van der Waals surface area contributed by atoms with Crippen molar-refractivity contribution in [3.63, 3.8) is 0 Å². The summed E-state index contributed by atoms with van der Waals surface area (Å²) in [6.45, 7) is 1.73. The summed E-state index contributed by atoms with van der Waals surface area (Å²) in [4.78, 5) is 23.0. The fourth-order valence-corrected chi connectivity index (χ4v) is 3.56. The van der Waals surface area contributed by atoms with Crippen molar-refractivity contribution < 1.29 is 14.6 Å². The molecule has 0 aliphatic carbocycles. The van der Waals surface area contributed by atoms with Crippen LogP contribution in [0.25, 0.3) is 22.4 Å². The van der Waals surface area contributed by atoms with Crippen molar-refractivity contribution in [2.75, 3.05) is 0 Å². The zero-order chi connectivity index (χ0) is 23.7. The Morgan fingerprint density at radius 2 is 1.91 bits per heavy atom. The number of rotatable bonds is 4. The Hall–Kier alpha value is -4.61. The minimum atomic E-state index is -1.02. The minimum absolute atomic E-state index is 0.170. The number of aromatic carboxylic acids is 1. The van der Waals surface area contributed by atoms with E-state index >= 15 is 0 Å². The number of aryl methyl sites for hydroxylation is 1. The van der Waals surface area contributed by atoms with E-state index in [1.165, 1.54) is 12.4 Å². The highest BCUT2D eigenvalue weighted by atomic mass is 35.5. The molecule has 9 heteroatoms. The number of nitrogens with zero attached hydrogens (tertiary/aromatic N) is 3. The maximum atomic E-state index is 11.4. The summed E-state index contributed by atoms with van der Waals surface area (Å²) < 4.78 is 5.74. The third-order valence-corrected chi connectivity index (χ3v) is 5.43. The second kappa shape index (κ2) is 8.73. The Morgan fingerprint density at radius 1 is 1.09 bits per heavy atom. The number of benzene rings is 3. The first kappa shape index (κ1) is 21.2. The molecule has 0 aliphatic heterocycles. The molecule has 0 saturated heterocycles. The van der Waals surface area contributed by atoms with Crippen molar-refractivity contribution in [2.24, 2.45) is 0 Å². The highest BCUT2D eigenvalue weighted by Crippen LogP contribution is 2.27. The van der Waals surface area contributed by atoms with E-state index in [2.05, 4.69) is 37.0 Å². The number of aromatic nitrogens is 5. The lowest BCUT2D eigenvalue weighted by Gasteiger charge is -2.05. The van der Waals surface area contributed by atoms with E-state index in [9.17, 15) is 9.90 Å². The lowest BCUT2D eigenvalue weighted by atomic mass is 10.1. The minimum Gasteiger partial charge on any atom is -0.478 e. The topological polar surface area (TPSA) is 117 Å². The van der Waals surface area contributed by atoms with Gasteiger partial charge in [0, 0.05) is 16.7 Å². The molecule has 5 aromatic rings. The Kier molecular flexibility index (Phi) is 5.46. The molecule has 3 N–H and O–H groups in total. The van der Waals surface area contributed by atoms with E-state index in [1.807, 2.05) is 24.3 Å². The molecule has 0 amide bonds. The zero-order valence-electron chi connectivity index (χ0n) is 17.8. The number of ether oxygens (including phenoxy) is 1. The van der Waals surface area contributed by atoms with E-state index in [0.717, 1.165) is 11.1 Å². The van der Waals surface area contributed by atoms with Gasteiger partial charge in [0.25, 0.3) is 6.01 Å². The summed E-state index contributed by atoms with van der Waals surface area (Å²) in [5.74, 6) is 6.23. The van der Waals surface area contributed by atoms with Gasteiger partial charge in [-0.3, -0.25) is 5.10 Å². The van der Waals surface area contributed by atoms with Crippen LogP contribution in [-0.2, 0) is 0 Å². The molecule has 0 aliphatic rings. The normalized spacial score (nSPS) is 10.6. The molecule has 0 atom stereocenters. The van der Waals surface area contributed by atoms with Crippen LogP contribution in [0, 0.1) is 18.8 Å². The zero-order valence-corrected chi connectivity index (χ0v) is 18.5. The second-order valence-electron chi connectivity index (χ2n) is 7.44. The van der Waals surface area contributed by atoms with Gasteiger partial charge in [0.2, 0.25) is 0 Å². The average molecular weight is 470 g/mol. The molecule has 0 saturated carbocycles. The fraction of sp³-hybridized carbons (Fsp3) is 0.0400. The third kappa shape index (κ3) is 4.33. The summed E-state index contributed by atoms with van der Waals surface area (Å²) in [5, 5.41) is 16.4. The van der Waals surface area contributed by atoms with Gasteiger partial charge >= 0.3 is 5.97 Å². The second-order valence-corrected chi connectivity index (χ2v) is 7.84. The van der Waals surface area contributed by atoms with Gasteiger partial charge in [0.15, 0.2) is 5.82 Å². The van der Waals surface area contributed by atoms with E-state index in [-0.39, 0.29) is 11.6 Å². The number of hydrogen-bond donors (Lipinski definition) is 3. The van der Waals surface area contributed by atoms with Crippen molar-refractivity contribution in [1.29, 1.82) is 0 Å². The van der Waals surface area contributed by atoms with Crippen molar-refractivity contribution >= 4 is 28.6 Å². The predicted octanol–water partition coefficient (Wildman–Crippen LogP) is 5.20. The monoisotopic (exact) mass is 469 g/mol. The van der Waals surface area contributed by atoms with Crippen molar-refractivity contribution in [3.05, 3.63) is 88.2 Å². The van der Waals surface area contributed by atoms with Gasteiger partial charge in [0.1, 0.15) is 12.1 Å². The maximum Gasteiger partial charge on any atom is 0.336 e. The van der Waals surface area contributed by atoms with Gasteiger partial charge in [-0.15, -0.1) is 0 Å². The first-order valence-corrected chi connectivity index (χ1v) is 10.5. The van der Waals surface area contributed by atoms with Gasteiger partial charge in [-0.05, 0) is 61.0 Å². The number of fused-ring (bicyclic) bond motifs is 1. The van der Waals surface area contributed by atoms with Crippen LogP contribution in [0.2, 0.25) is 5.02 Å². The SMILES string of the molecule is Cc1ccc(Oc2nc3cc(Cl)c(C#Cc4ccc(-c5ncn[nH]5)cc4)cc3[nH]2)cc1C(=O)O. The first-order valence-electron chi connectivity index (χ1n) is 10.1. The quantitative estimate of drug-likeness (QED) is 0.311. The van der Waals surface area contributed by atoms with Gasteiger partial charge < -0.3 is 14.8 Å². The van der Waals surface area contributed by atoms with Crippen molar-refractivity contribution in [1.82, 2.24) is 25.1 Å². The van der Waals surface area contributed by atoms with Crippen LogP contribution in [0.3, 0.4) is 0 Å². The molecule has 5 rings (SSSR count). The fourth-order valence-electron chi connectivity index (χ4n) is 3.35. The summed E-state index contributed by atoms with van der Waals surface area (Å²) >= 11 is 6.42. The van der Waals surface area contributed by atoms with E-state index in [4.69, 9.17) is 16.3 Å². The van der Waals surface area contributed by atoms with Crippen LogP contribution in [0.5, 0.6) is 11.8 Å². The molecular formula is C25H16ClN5O3. The average Bonchev–Trinajstić information content (AvgIpc) is 3.49. The number of carboxylic acids is 1. The standard InChI is InChI=1S/C25H16ClN5O3/c1-14-2-9-18(11-19(14)24(32)33)34-25-29-21-10-17(20(26)12-22(21)30-25)8-5-15-3-6-16(7-4-15)23-27-13-28-31-23/h2-4,6-7,9-13H,1H3,(H,29,30)(H,32,33)(H,27,28,31). The van der Waals surface area contributed by atoms with E-state index < -0.39 is 5.97 Å². The Labute approximate surface area is 198 Å². The molecular weight excluding hydrogens is 454 g/mol. The summed E-state index contributed by atoms with van der Waals surface area (Å²) in [7, 11) is 0. The van der Waals surface area contributed by atoms with Crippen LogP contribution in [0.1, 0.15) is 27.0 Å². The van der Waals surface area contributed by atoms with Crippen molar-refractivity contribution in [3.8, 4) is 35.0 Å². The van der Waals surface area contributed by atoms with Gasteiger partial charge in [-0.2, -0.15) is 10.1 Å². The van der Waals surface area contributed by atoms with E-state index in [1.54, 1.807) is 31.2 Å². The number of hydrogen-bond acceptors (Lipinski definition) is 5. The maximum absolute atomic E-state index is 11.4.